The zero-order chi connectivity index (χ0) is 11.3. The molecule has 1 rings (SSSR count). The summed E-state index contributed by atoms with van der Waals surface area (Å²) in [5.41, 5.74) is 0. The first kappa shape index (κ1) is 13.5. The zero-order valence-corrected chi connectivity index (χ0v) is 12.3. The van der Waals surface area contributed by atoms with Gasteiger partial charge in [0, 0.05) is 9.35 Å². The minimum absolute atomic E-state index is 0.775. The second kappa shape index (κ2) is 6.89. The topological polar surface area (TPSA) is 12.0 Å². The van der Waals surface area contributed by atoms with Crippen molar-refractivity contribution in [2.75, 3.05) is 13.6 Å². The van der Waals surface area contributed by atoms with Crippen LogP contribution in [-0.4, -0.2) is 13.6 Å². The van der Waals surface area contributed by atoms with Crippen molar-refractivity contribution < 1.29 is 0 Å². The molecule has 0 aliphatic rings. The first-order chi connectivity index (χ1) is 7.13. The molecule has 0 fully saturated rings. The van der Waals surface area contributed by atoms with Crippen LogP contribution in [0, 0.1) is 5.92 Å². The first-order valence-corrected chi connectivity index (χ1v) is 7.20. The Morgan fingerprint density at radius 3 is 2.80 bits per heavy atom. The summed E-state index contributed by atoms with van der Waals surface area (Å²) in [6, 6.07) is 2.14. The number of aryl methyl sites for hydroxylation is 1. The molecule has 15 heavy (non-hydrogen) atoms. The van der Waals surface area contributed by atoms with E-state index in [0.29, 0.717) is 0 Å². The van der Waals surface area contributed by atoms with Crippen molar-refractivity contribution in [3.8, 4) is 0 Å². The molecular formula is C11H17BrClNS. The van der Waals surface area contributed by atoms with Crippen LogP contribution in [0.15, 0.2) is 10.5 Å². The van der Waals surface area contributed by atoms with E-state index in [1.165, 1.54) is 17.7 Å². The Bertz CT molecular complexity index is 281. The van der Waals surface area contributed by atoms with E-state index in [1.807, 2.05) is 7.05 Å². The van der Waals surface area contributed by atoms with Gasteiger partial charge in [-0.3, -0.25) is 0 Å². The summed E-state index contributed by atoms with van der Waals surface area (Å²) < 4.78 is 1.90. The standard InChI is InChI=1S/C11H17BrClNS/c1-8(5-6-14-2)3-4-9-7-10(12)11(13)15-9/h7-8,14H,3-6H2,1-2H3. The third kappa shape index (κ3) is 4.85. The second-order valence-corrected chi connectivity index (χ2v) is 6.46. The van der Waals surface area contributed by atoms with Gasteiger partial charge in [0.25, 0.3) is 0 Å². The predicted molar refractivity (Wildman–Crippen MR) is 73.1 cm³/mol. The molecule has 0 radical (unpaired) electrons. The highest BCUT2D eigenvalue weighted by atomic mass is 79.9. The largest absolute Gasteiger partial charge is 0.320 e. The second-order valence-electron chi connectivity index (χ2n) is 3.87. The summed E-state index contributed by atoms with van der Waals surface area (Å²) in [4.78, 5) is 1.38. The average Bonchev–Trinajstić information content (AvgIpc) is 2.52. The van der Waals surface area contributed by atoms with E-state index in [0.717, 1.165) is 27.7 Å². The highest BCUT2D eigenvalue weighted by Gasteiger charge is 2.07. The minimum Gasteiger partial charge on any atom is -0.320 e. The lowest BCUT2D eigenvalue weighted by molar-refractivity contribution is 0.483. The third-order valence-corrected chi connectivity index (χ3v) is 5.00. The van der Waals surface area contributed by atoms with Gasteiger partial charge in [-0.25, -0.2) is 0 Å². The van der Waals surface area contributed by atoms with E-state index in [4.69, 9.17) is 11.6 Å². The van der Waals surface area contributed by atoms with Crippen molar-refractivity contribution in [2.24, 2.45) is 5.92 Å². The molecule has 0 aliphatic carbocycles. The van der Waals surface area contributed by atoms with E-state index in [-0.39, 0.29) is 0 Å². The van der Waals surface area contributed by atoms with Crippen molar-refractivity contribution in [3.63, 3.8) is 0 Å². The van der Waals surface area contributed by atoms with E-state index >= 15 is 0 Å². The first-order valence-electron chi connectivity index (χ1n) is 5.21. The van der Waals surface area contributed by atoms with Crippen LogP contribution in [0.4, 0.5) is 0 Å². The Labute approximate surface area is 109 Å². The molecule has 0 saturated heterocycles. The zero-order valence-electron chi connectivity index (χ0n) is 9.15. The summed E-state index contributed by atoms with van der Waals surface area (Å²) in [5.74, 6) is 0.775. The molecule has 1 atom stereocenters. The highest BCUT2D eigenvalue weighted by molar-refractivity contribution is 9.10. The predicted octanol–water partition coefficient (Wildman–Crippen LogP) is 4.34. The van der Waals surface area contributed by atoms with Gasteiger partial charge in [0.1, 0.15) is 4.34 Å². The molecule has 0 spiro atoms. The third-order valence-electron chi connectivity index (χ3n) is 2.47. The lowest BCUT2D eigenvalue weighted by Gasteiger charge is -2.09. The fourth-order valence-corrected chi connectivity index (χ4v) is 3.24. The van der Waals surface area contributed by atoms with Crippen LogP contribution in [0.25, 0.3) is 0 Å². The van der Waals surface area contributed by atoms with Gasteiger partial charge in [-0.1, -0.05) is 18.5 Å². The number of hydrogen-bond acceptors (Lipinski definition) is 2. The van der Waals surface area contributed by atoms with Crippen LogP contribution >= 0.6 is 38.9 Å². The van der Waals surface area contributed by atoms with E-state index in [2.05, 4.69) is 34.2 Å². The van der Waals surface area contributed by atoms with Gasteiger partial charge in [0.15, 0.2) is 0 Å². The maximum absolute atomic E-state index is 5.99. The Kier molecular flexibility index (Phi) is 6.20. The molecule has 0 amide bonds. The maximum Gasteiger partial charge on any atom is 0.107 e. The molecule has 0 aromatic carbocycles. The van der Waals surface area contributed by atoms with Gasteiger partial charge >= 0.3 is 0 Å². The summed E-state index contributed by atoms with van der Waals surface area (Å²) in [7, 11) is 2.00. The van der Waals surface area contributed by atoms with Gasteiger partial charge in [0.05, 0.1) is 0 Å². The lowest BCUT2D eigenvalue weighted by atomic mass is 10.0. The SMILES string of the molecule is CNCCC(C)CCc1cc(Br)c(Cl)s1. The maximum atomic E-state index is 5.99. The summed E-state index contributed by atoms with van der Waals surface area (Å²) in [6.07, 6.45) is 3.63. The monoisotopic (exact) mass is 309 g/mol. The van der Waals surface area contributed by atoms with Gasteiger partial charge in [0.2, 0.25) is 0 Å². The van der Waals surface area contributed by atoms with Crippen LogP contribution in [0.2, 0.25) is 4.34 Å². The van der Waals surface area contributed by atoms with E-state index < -0.39 is 0 Å². The highest BCUT2D eigenvalue weighted by Crippen LogP contribution is 2.33. The number of hydrogen-bond donors (Lipinski definition) is 1. The summed E-state index contributed by atoms with van der Waals surface area (Å²) >= 11 is 11.1. The number of nitrogens with one attached hydrogen (secondary N) is 1. The van der Waals surface area contributed by atoms with Gasteiger partial charge in [-0.2, -0.15) is 0 Å². The molecule has 1 aromatic heterocycles. The number of rotatable bonds is 6. The van der Waals surface area contributed by atoms with Crippen LogP contribution in [0.1, 0.15) is 24.6 Å². The quantitative estimate of drug-likeness (QED) is 0.824. The van der Waals surface area contributed by atoms with Crippen molar-refractivity contribution in [1.29, 1.82) is 0 Å². The van der Waals surface area contributed by atoms with Crippen LogP contribution < -0.4 is 5.32 Å². The van der Waals surface area contributed by atoms with Crippen LogP contribution in [0.5, 0.6) is 0 Å². The molecule has 1 N–H and O–H groups in total. The summed E-state index contributed by atoms with van der Waals surface area (Å²) in [6.45, 7) is 3.41. The van der Waals surface area contributed by atoms with Gasteiger partial charge < -0.3 is 5.32 Å². The molecule has 0 bridgehead atoms. The molecule has 1 unspecified atom stereocenters. The fourth-order valence-electron chi connectivity index (χ4n) is 1.44. The van der Waals surface area contributed by atoms with Crippen molar-refractivity contribution in [2.45, 2.75) is 26.2 Å². The molecule has 86 valence electrons. The van der Waals surface area contributed by atoms with Crippen molar-refractivity contribution in [1.82, 2.24) is 5.32 Å². The molecule has 4 heteroatoms. The summed E-state index contributed by atoms with van der Waals surface area (Å²) in [5, 5.41) is 3.18. The molecule has 0 saturated carbocycles. The average molecular weight is 311 g/mol. The number of halogens is 2. The van der Waals surface area contributed by atoms with Crippen LogP contribution in [0.3, 0.4) is 0 Å². The van der Waals surface area contributed by atoms with Gasteiger partial charge in [-0.05, 0) is 60.8 Å². The van der Waals surface area contributed by atoms with Crippen LogP contribution in [-0.2, 0) is 6.42 Å². The number of thiophene rings is 1. The molecule has 1 heterocycles. The Balaban J connectivity index is 2.30. The smallest absolute Gasteiger partial charge is 0.107 e. The molecule has 0 aliphatic heterocycles. The van der Waals surface area contributed by atoms with E-state index in [9.17, 15) is 0 Å². The van der Waals surface area contributed by atoms with Crippen molar-refractivity contribution >= 4 is 38.9 Å². The minimum atomic E-state index is 0.775. The van der Waals surface area contributed by atoms with E-state index in [1.54, 1.807) is 11.3 Å². The Morgan fingerprint density at radius 2 is 2.27 bits per heavy atom. The lowest BCUT2D eigenvalue weighted by Crippen LogP contribution is -2.11. The fraction of sp³-hybridized carbons (Fsp3) is 0.636. The normalized spacial score (nSPS) is 13.1. The molecule has 1 nitrogen and oxygen atoms in total. The molecule has 1 aromatic rings. The Hall–Kier alpha value is 0.430. The molecular weight excluding hydrogens is 294 g/mol. The Morgan fingerprint density at radius 1 is 1.53 bits per heavy atom. The van der Waals surface area contributed by atoms with Gasteiger partial charge in [-0.15, -0.1) is 11.3 Å². The van der Waals surface area contributed by atoms with Crippen molar-refractivity contribution in [3.05, 3.63) is 19.8 Å².